The number of nitrogens with zero attached hydrogens (tertiary/aromatic N) is 8. The van der Waals surface area contributed by atoms with Crippen LogP contribution in [0.2, 0.25) is 0 Å². The SMILES string of the molecule is CC(C)C[C@H](O[C@@H](CC(C)C)C(=O)N(C)Cc1nn[nH]n1)C(=O)N(C)Cc1nn[nH]n1. The molecule has 13 nitrogen and oxygen atoms in total. The average Bonchev–Trinajstić information content (AvgIpc) is 3.39. The number of ether oxygens (including phenoxy) is 1. The molecule has 0 unspecified atom stereocenters. The number of H-pyrrole nitrogens is 2. The molecule has 0 aliphatic rings. The van der Waals surface area contributed by atoms with Crippen LogP contribution in [0.1, 0.15) is 52.2 Å². The number of rotatable bonds is 12. The molecule has 2 amide bonds. The van der Waals surface area contributed by atoms with Crippen molar-refractivity contribution >= 4 is 11.8 Å². The highest BCUT2D eigenvalue weighted by Crippen LogP contribution is 2.19. The highest BCUT2D eigenvalue weighted by Gasteiger charge is 2.32. The van der Waals surface area contributed by atoms with Crippen LogP contribution >= 0.6 is 0 Å². The van der Waals surface area contributed by atoms with Gasteiger partial charge in [-0.15, -0.1) is 20.4 Å². The summed E-state index contributed by atoms with van der Waals surface area (Å²) in [7, 11) is 3.30. The summed E-state index contributed by atoms with van der Waals surface area (Å²) >= 11 is 0. The Morgan fingerprint density at radius 2 is 1.19 bits per heavy atom. The van der Waals surface area contributed by atoms with E-state index in [-0.39, 0.29) is 36.7 Å². The van der Waals surface area contributed by atoms with E-state index in [1.807, 2.05) is 27.7 Å². The second-order valence-electron chi connectivity index (χ2n) is 8.42. The molecular weight excluding hydrogens is 404 g/mol. The molecular formula is C18H32N10O3. The van der Waals surface area contributed by atoms with Crippen molar-refractivity contribution in [3.8, 4) is 0 Å². The summed E-state index contributed by atoms with van der Waals surface area (Å²) in [5.74, 6) is 0.711. The molecule has 0 aliphatic heterocycles. The van der Waals surface area contributed by atoms with Gasteiger partial charge in [0.05, 0.1) is 13.1 Å². The van der Waals surface area contributed by atoms with Crippen molar-refractivity contribution in [1.29, 1.82) is 0 Å². The van der Waals surface area contributed by atoms with Crippen molar-refractivity contribution < 1.29 is 14.3 Å². The van der Waals surface area contributed by atoms with Gasteiger partial charge >= 0.3 is 0 Å². The fourth-order valence-corrected chi connectivity index (χ4v) is 3.05. The molecule has 0 saturated carbocycles. The first kappa shape index (κ1) is 24.3. The van der Waals surface area contributed by atoms with Crippen LogP contribution in [0.5, 0.6) is 0 Å². The summed E-state index contributed by atoms with van der Waals surface area (Å²) < 4.78 is 6.17. The van der Waals surface area contributed by atoms with Crippen molar-refractivity contribution in [3.63, 3.8) is 0 Å². The molecule has 2 aromatic rings. The van der Waals surface area contributed by atoms with Gasteiger partial charge in [-0.25, -0.2) is 0 Å². The lowest BCUT2D eigenvalue weighted by Crippen LogP contribution is -2.45. The van der Waals surface area contributed by atoms with Crippen molar-refractivity contribution in [2.75, 3.05) is 14.1 Å². The van der Waals surface area contributed by atoms with Gasteiger partial charge in [0.15, 0.2) is 11.6 Å². The van der Waals surface area contributed by atoms with E-state index in [2.05, 4.69) is 41.2 Å². The first-order chi connectivity index (χ1) is 14.7. The lowest BCUT2D eigenvalue weighted by atomic mass is 10.0. The molecule has 13 heteroatoms. The zero-order chi connectivity index (χ0) is 23.0. The first-order valence-electron chi connectivity index (χ1n) is 10.3. The number of aromatic amines is 2. The Hall–Kier alpha value is -2.96. The molecule has 0 aromatic carbocycles. The molecule has 0 aliphatic carbocycles. The van der Waals surface area contributed by atoms with Crippen molar-refractivity contribution in [2.45, 2.75) is 65.8 Å². The van der Waals surface area contributed by atoms with Gasteiger partial charge in [0, 0.05) is 14.1 Å². The smallest absolute Gasteiger partial charge is 0.251 e. The Bertz CT molecular complexity index is 727. The second kappa shape index (κ2) is 11.4. The van der Waals surface area contributed by atoms with Gasteiger partial charge < -0.3 is 14.5 Å². The van der Waals surface area contributed by atoms with Crippen molar-refractivity contribution in [2.24, 2.45) is 11.8 Å². The molecule has 0 bridgehead atoms. The van der Waals surface area contributed by atoms with E-state index in [0.29, 0.717) is 24.5 Å². The van der Waals surface area contributed by atoms with E-state index in [1.165, 1.54) is 9.80 Å². The van der Waals surface area contributed by atoms with Crippen LogP contribution in [0.25, 0.3) is 0 Å². The van der Waals surface area contributed by atoms with Crippen LogP contribution in [0.15, 0.2) is 0 Å². The maximum absolute atomic E-state index is 13.1. The van der Waals surface area contributed by atoms with Gasteiger partial charge in [-0.1, -0.05) is 38.1 Å². The number of tetrazole rings is 2. The van der Waals surface area contributed by atoms with E-state index in [1.54, 1.807) is 14.1 Å². The average molecular weight is 437 g/mol. The molecule has 0 fully saturated rings. The third kappa shape index (κ3) is 7.66. The molecule has 0 spiro atoms. The van der Waals surface area contributed by atoms with E-state index < -0.39 is 12.2 Å². The maximum atomic E-state index is 13.1. The van der Waals surface area contributed by atoms with E-state index in [9.17, 15) is 9.59 Å². The molecule has 2 atom stereocenters. The van der Waals surface area contributed by atoms with Crippen LogP contribution in [0.3, 0.4) is 0 Å². The number of amides is 2. The minimum Gasteiger partial charge on any atom is -0.355 e. The number of nitrogens with one attached hydrogen (secondary N) is 2. The number of likely N-dealkylation sites (N-methyl/N-ethyl adjacent to an activating group) is 2. The molecule has 2 rings (SSSR count). The molecule has 2 aromatic heterocycles. The van der Waals surface area contributed by atoms with Crippen LogP contribution < -0.4 is 0 Å². The van der Waals surface area contributed by atoms with Gasteiger partial charge in [0.1, 0.15) is 12.2 Å². The quantitative estimate of drug-likeness (QED) is 0.473. The van der Waals surface area contributed by atoms with Gasteiger partial charge in [0.25, 0.3) is 11.8 Å². The lowest BCUT2D eigenvalue weighted by Gasteiger charge is -2.30. The number of carbonyl (C=O) groups is 2. The maximum Gasteiger partial charge on any atom is 0.251 e. The fraction of sp³-hybridized carbons (Fsp3) is 0.778. The normalized spacial score (nSPS) is 13.4. The van der Waals surface area contributed by atoms with Crippen LogP contribution in [-0.4, -0.2) is 89.2 Å². The number of carbonyl (C=O) groups excluding carboxylic acids is 2. The lowest BCUT2D eigenvalue weighted by molar-refractivity contribution is -0.159. The van der Waals surface area contributed by atoms with E-state index in [4.69, 9.17) is 4.74 Å². The summed E-state index contributed by atoms with van der Waals surface area (Å²) in [5, 5.41) is 27.3. The first-order valence-corrected chi connectivity index (χ1v) is 10.3. The minimum atomic E-state index is -0.775. The van der Waals surface area contributed by atoms with E-state index >= 15 is 0 Å². The molecule has 0 radical (unpaired) electrons. The fourth-order valence-electron chi connectivity index (χ4n) is 3.05. The Balaban J connectivity index is 2.13. The summed E-state index contributed by atoms with van der Waals surface area (Å²) in [6, 6.07) is 0. The Labute approximate surface area is 181 Å². The molecule has 31 heavy (non-hydrogen) atoms. The van der Waals surface area contributed by atoms with Gasteiger partial charge in [-0.05, 0) is 24.7 Å². The minimum absolute atomic E-state index is 0.188. The molecule has 2 N–H and O–H groups in total. The van der Waals surface area contributed by atoms with Gasteiger partial charge in [-0.3, -0.25) is 9.59 Å². The Kier molecular flexibility index (Phi) is 8.97. The second-order valence-corrected chi connectivity index (χ2v) is 8.42. The zero-order valence-electron chi connectivity index (χ0n) is 18.9. The largest absolute Gasteiger partial charge is 0.355 e. The van der Waals surface area contributed by atoms with Crippen LogP contribution in [-0.2, 0) is 27.4 Å². The highest BCUT2D eigenvalue weighted by molar-refractivity contribution is 5.83. The third-order valence-electron chi connectivity index (χ3n) is 4.54. The monoisotopic (exact) mass is 436 g/mol. The summed E-state index contributed by atoms with van der Waals surface area (Å²) in [6.07, 6.45) is -0.594. The summed E-state index contributed by atoms with van der Waals surface area (Å²) in [6.45, 7) is 8.39. The van der Waals surface area contributed by atoms with Gasteiger partial charge in [-0.2, -0.15) is 10.4 Å². The molecule has 0 saturated heterocycles. The van der Waals surface area contributed by atoms with Crippen LogP contribution in [0, 0.1) is 11.8 Å². The predicted molar refractivity (Wildman–Crippen MR) is 109 cm³/mol. The zero-order valence-corrected chi connectivity index (χ0v) is 18.9. The van der Waals surface area contributed by atoms with Crippen molar-refractivity contribution in [1.82, 2.24) is 51.0 Å². The Morgan fingerprint density at radius 3 is 1.48 bits per heavy atom. The number of hydrogen-bond acceptors (Lipinski definition) is 9. The van der Waals surface area contributed by atoms with E-state index in [0.717, 1.165) is 0 Å². The molecule has 172 valence electrons. The third-order valence-corrected chi connectivity index (χ3v) is 4.54. The number of aromatic nitrogens is 8. The number of hydrogen-bond donors (Lipinski definition) is 2. The summed E-state index contributed by atoms with van der Waals surface area (Å²) in [4.78, 5) is 29.2. The molecule has 2 heterocycles. The van der Waals surface area contributed by atoms with Crippen molar-refractivity contribution in [3.05, 3.63) is 11.6 Å². The summed E-state index contributed by atoms with van der Waals surface area (Å²) in [5.41, 5.74) is 0. The Morgan fingerprint density at radius 1 is 0.806 bits per heavy atom. The van der Waals surface area contributed by atoms with Crippen LogP contribution in [0.4, 0.5) is 0 Å². The predicted octanol–water partition coefficient (Wildman–Crippen LogP) is 0.176. The topological polar surface area (TPSA) is 159 Å². The van der Waals surface area contributed by atoms with Gasteiger partial charge in [0.2, 0.25) is 0 Å². The highest BCUT2D eigenvalue weighted by atomic mass is 16.5. The standard InChI is InChI=1S/C18H32N10O3/c1-11(2)7-13(17(29)27(5)9-15-19-23-24-20-15)31-14(8-12(3)4)18(30)28(6)10-16-21-25-26-22-16/h11-14H,7-10H2,1-6H3,(H,19,20,23,24)(H,21,22,25,26)/t13-,14-/m0/s1.